The Hall–Kier alpha value is -2.40. The summed E-state index contributed by atoms with van der Waals surface area (Å²) in [6, 6.07) is 12.5. The van der Waals surface area contributed by atoms with Gasteiger partial charge in [-0.15, -0.1) is 0 Å². The quantitative estimate of drug-likeness (QED) is 0.757. The van der Waals surface area contributed by atoms with E-state index in [9.17, 15) is 9.59 Å². The molecule has 5 nitrogen and oxygen atoms in total. The fraction of sp³-hybridized carbons (Fsp3) is 0.333. The molecular weight excluding hydrogens is 290 g/mol. The lowest BCUT2D eigenvalue weighted by Crippen LogP contribution is -2.42. The number of carbonyl (C=O) groups is 2. The molecule has 2 bridgehead atoms. The second-order valence-corrected chi connectivity index (χ2v) is 6.40. The molecule has 2 aromatic carbocycles. The number of hydrogen-bond donors (Lipinski definition) is 3. The molecule has 2 aromatic rings. The molecule has 0 spiro atoms. The third-order valence-corrected chi connectivity index (χ3v) is 4.94. The fourth-order valence-electron chi connectivity index (χ4n) is 3.78. The first-order chi connectivity index (χ1) is 11.2. The van der Waals surface area contributed by atoms with Crippen LogP contribution in [0.1, 0.15) is 29.6 Å². The highest BCUT2D eigenvalue weighted by molar-refractivity contribution is 5.99. The summed E-state index contributed by atoms with van der Waals surface area (Å²) >= 11 is 0. The minimum absolute atomic E-state index is 0.0278. The summed E-state index contributed by atoms with van der Waals surface area (Å²) < 4.78 is 0. The van der Waals surface area contributed by atoms with Crippen molar-refractivity contribution in [1.29, 1.82) is 0 Å². The Bertz CT molecular complexity index is 774. The molecule has 3 N–H and O–H groups in total. The summed E-state index contributed by atoms with van der Waals surface area (Å²) in [5.41, 5.74) is 1.38. The molecule has 0 saturated carbocycles. The second-order valence-electron chi connectivity index (χ2n) is 6.40. The van der Waals surface area contributed by atoms with Crippen molar-refractivity contribution < 1.29 is 9.59 Å². The number of fused-ring (bicyclic) bond motifs is 3. The lowest BCUT2D eigenvalue weighted by molar-refractivity contribution is -0.105. The van der Waals surface area contributed by atoms with Gasteiger partial charge < -0.3 is 16.0 Å². The van der Waals surface area contributed by atoms with Crippen molar-refractivity contribution in [3.63, 3.8) is 0 Å². The number of benzene rings is 2. The van der Waals surface area contributed by atoms with Crippen LogP contribution in [0.15, 0.2) is 36.4 Å². The smallest absolute Gasteiger partial charge is 0.251 e. The second kappa shape index (κ2) is 5.66. The van der Waals surface area contributed by atoms with Crippen LogP contribution in [0.3, 0.4) is 0 Å². The molecule has 2 heterocycles. The van der Waals surface area contributed by atoms with Crippen molar-refractivity contribution in [2.75, 3.05) is 5.32 Å². The molecule has 0 unspecified atom stereocenters. The van der Waals surface area contributed by atoms with E-state index in [2.05, 4.69) is 16.0 Å². The SMILES string of the molecule is O=CNc1ccc2ccc(C(=O)N[C@@H]3C[C@H]4CC[C@@H]3N4)cc2c1. The van der Waals surface area contributed by atoms with E-state index in [1.54, 1.807) is 0 Å². The minimum Gasteiger partial charge on any atom is -0.348 e. The van der Waals surface area contributed by atoms with Gasteiger partial charge in [-0.2, -0.15) is 0 Å². The van der Waals surface area contributed by atoms with Crippen LogP contribution >= 0.6 is 0 Å². The highest BCUT2D eigenvalue weighted by Gasteiger charge is 2.39. The summed E-state index contributed by atoms with van der Waals surface area (Å²) in [4.78, 5) is 23.1. The van der Waals surface area contributed by atoms with Crippen LogP contribution in [0, 0.1) is 0 Å². The molecule has 2 aliphatic heterocycles. The maximum Gasteiger partial charge on any atom is 0.251 e. The van der Waals surface area contributed by atoms with Crippen molar-refractivity contribution in [2.24, 2.45) is 0 Å². The lowest BCUT2D eigenvalue weighted by Gasteiger charge is -2.21. The Kier molecular flexibility index (Phi) is 3.50. The van der Waals surface area contributed by atoms with Crippen LogP contribution < -0.4 is 16.0 Å². The van der Waals surface area contributed by atoms with Crippen LogP contribution in [-0.2, 0) is 4.79 Å². The molecule has 0 radical (unpaired) electrons. The third kappa shape index (κ3) is 2.68. The van der Waals surface area contributed by atoms with Gasteiger partial charge in [0.25, 0.3) is 5.91 Å². The van der Waals surface area contributed by atoms with Gasteiger partial charge in [-0.3, -0.25) is 9.59 Å². The Balaban J connectivity index is 1.55. The molecule has 2 saturated heterocycles. The Morgan fingerprint density at radius 3 is 2.74 bits per heavy atom. The number of rotatable bonds is 4. The Morgan fingerprint density at radius 2 is 2.00 bits per heavy atom. The monoisotopic (exact) mass is 309 g/mol. The zero-order chi connectivity index (χ0) is 15.8. The van der Waals surface area contributed by atoms with Crippen LogP contribution in [0.2, 0.25) is 0 Å². The standard InChI is InChI=1S/C18H19N3O2/c22-10-19-14-4-3-11-1-2-12(7-13(11)8-14)18(23)21-17-9-15-5-6-16(17)20-15/h1-4,7-8,10,15-17,20H,5-6,9H2,(H,19,22)(H,21,23)/t15-,16+,17-/m1/s1. The van der Waals surface area contributed by atoms with Gasteiger partial charge in [-0.1, -0.05) is 12.1 Å². The van der Waals surface area contributed by atoms with Gasteiger partial charge in [0.1, 0.15) is 0 Å². The van der Waals surface area contributed by atoms with E-state index >= 15 is 0 Å². The molecule has 0 aliphatic carbocycles. The average Bonchev–Trinajstić information content (AvgIpc) is 3.17. The Labute approximate surface area is 134 Å². The van der Waals surface area contributed by atoms with E-state index in [-0.39, 0.29) is 11.9 Å². The molecule has 3 atom stereocenters. The first-order valence-corrected chi connectivity index (χ1v) is 8.04. The van der Waals surface area contributed by atoms with Crippen LogP contribution in [-0.4, -0.2) is 30.4 Å². The summed E-state index contributed by atoms with van der Waals surface area (Å²) in [6.45, 7) is 0. The van der Waals surface area contributed by atoms with Crippen LogP contribution in [0.25, 0.3) is 10.8 Å². The minimum atomic E-state index is -0.0278. The summed E-state index contributed by atoms with van der Waals surface area (Å²) in [7, 11) is 0. The van der Waals surface area contributed by atoms with Gasteiger partial charge >= 0.3 is 0 Å². The molecular formula is C18H19N3O2. The molecule has 2 fully saturated rings. The van der Waals surface area contributed by atoms with E-state index in [4.69, 9.17) is 0 Å². The van der Waals surface area contributed by atoms with E-state index in [0.29, 0.717) is 24.1 Å². The molecule has 2 amide bonds. The normalized spacial score (nSPS) is 25.5. The summed E-state index contributed by atoms with van der Waals surface area (Å²) in [6.07, 6.45) is 4.05. The molecule has 23 heavy (non-hydrogen) atoms. The number of anilines is 1. The molecule has 4 rings (SSSR count). The highest BCUT2D eigenvalue weighted by Crippen LogP contribution is 2.28. The third-order valence-electron chi connectivity index (χ3n) is 4.94. The van der Waals surface area contributed by atoms with Gasteiger partial charge in [0, 0.05) is 29.4 Å². The number of amides is 2. The zero-order valence-corrected chi connectivity index (χ0v) is 12.7. The maximum absolute atomic E-state index is 12.5. The first kappa shape index (κ1) is 14.2. The first-order valence-electron chi connectivity index (χ1n) is 8.04. The summed E-state index contributed by atoms with van der Waals surface area (Å²) in [5, 5.41) is 11.3. The molecule has 5 heteroatoms. The number of carbonyl (C=O) groups excluding carboxylic acids is 2. The van der Waals surface area contributed by atoms with Gasteiger partial charge in [-0.25, -0.2) is 0 Å². The van der Waals surface area contributed by atoms with Gasteiger partial charge in [-0.05, 0) is 54.3 Å². The Morgan fingerprint density at radius 1 is 1.13 bits per heavy atom. The fourth-order valence-corrected chi connectivity index (χ4v) is 3.78. The predicted molar refractivity (Wildman–Crippen MR) is 89.5 cm³/mol. The maximum atomic E-state index is 12.5. The lowest BCUT2D eigenvalue weighted by atomic mass is 9.95. The zero-order valence-electron chi connectivity index (χ0n) is 12.7. The van der Waals surface area contributed by atoms with E-state index < -0.39 is 0 Å². The van der Waals surface area contributed by atoms with Gasteiger partial charge in [0.05, 0.1) is 0 Å². The van der Waals surface area contributed by atoms with Crippen LogP contribution in [0.4, 0.5) is 5.69 Å². The van der Waals surface area contributed by atoms with Crippen LogP contribution in [0.5, 0.6) is 0 Å². The van der Waals surface area contributed by atoms with Crippen molar-refractivity contribution >= 4 is 28.8 Å². The van der Waals surface area contributed by atoms with E-state index in [1.807, 2.05) is 36.4 Å². The predicted octanol–water partition coefficient (Wildman–Crippen LogP) is 2.03. The number of hydrogen-bond acceptors (Lipinski definition) is 3. The van der Waals surface area contributed by atoms with Crippen molar-refractivity contribution in [3.05, 3.63) is 42.0 Å². The molecule has 0 aromatic heterocycles. The van der Waals surface area contributed by atoms with Gasteiger partial charge in [0.15, 0.2) is 0 Å². The summed E-state index contributed by atoms with van der Waals surface area (Å²) in [5.74, 6) is -0.0278. The van der Waals surface area contributed by atoms with Gasteiger partial charge in [0.2, 0.25) is 6.41 Å². The number of nitrogens with one attached hydrogen (secondary N) is 3. The van der Waals surface area contributed by atoms with E-state index in [1.165, 1.54) is 6.42 Å². The van der Waals surface area contributed by atoms with Crippen molar-refractivity contribution in [1.82, 2.24) is 10.6 Å². The average molecular weight is 309 g/mol. The molecule has 2 aliphatic rings. The van der Waals surface area contributed by atoms with Crippen molar-refractivity contribution in [3.8, 4) is 0 Å². The highest BCUT2D eigenvalue weighted by atomic mass is 16.1. The molecule has 118 valence electrons. The van der Waals surface area contributed by atoms with Crippen molar-refractivity contribution in [2.45, 2.75) is 37.4 Å². The topological polar surface area (TPSA) is 70.2 Å². The largest absolute Gasteiger partial charge is 0.348 e. The van der Waals surface area contributed by atoms with E-state index in [0.717, 1.165) is 29.3 Å².